The van der Waals surface area contributed by atoms with Gasteiger partial charge in [0.25, 0.3) is 5.91 Å². The smallest absolute Gasteiger partial charge is 0.280 e. The molecule has 11 nitrogen and oxygen atoms in total. The second-order valence-corrected chi connectivity index (χ2v) is 13.1. The number of hydrogen-bond donors (Lipinski definition) is 1. The lowest BCUT2D eigenvalue weighted by Gasteiger charge is -2.37. The lowest BCUT2D eigenvalue weighted by molar-refractivity contribution is -0.120. The molecule has 1 N–H and O–H groups in total. The summed E-state index contributed by atoms with van der Waals surface area (Å²) in [6, 6.07) is 6.40. The minimum Gasteiger partial charge on any atom is -0.389 e. The van der Waals surface area contributed by atoms with Gasteiger partial charge in [-0.1, -0.05) is 17.3 Å². The molecule has 13 heteroatoms. The van der Waals surface area contributed by atoms with Crippen LogP contribution in [0.2, 0.25) is 0 Å². The molecule has 0 unspecified atom stereocenters. The van der Waals surface area contributed by atoms with E-state index in [1.165, 1.54) is 23.5 Å². The van der Waals surface area contributed by atoms with E-state index >= 15 is 0 Å². The van der Waals surface area contributed by atoms with Crippen LogP contribution in [0.15, 0.2) is 40.5 Å². The Morgan fingerprint density at radius 2 is 2.05 bits per heavy atom. The van der Waals surface area contributed by atoms with Gasteiger partial charge in [-0.05, 0) is 31.9 Å². The zero-order valence-electron chi connectivity index (χ0n) is 21.1. The van der Waals surface area contributed by atoms with Crippen LogP contribution < -0.4 is 5.32 Å². The highest BCUT2D eigenvalue weighted by molar-refractivity contribution is 7.92. The van der Waals surface area contributed by atoms with E-state index in [1.54, 1.807) is 23.2 Å². The third-order valence-corrected chi connectivity index (χ3v) is 10.1. The van der Waals surface area contributed by atoms with Gasteiger partial charge in [0, 0.05) is 55.3 Å². The summed E-state index contributed by atoms with van der Waals surface area (Å²) in [5.41, 5.74) is 0.470. The number of nitrogens with zero attached hydrogens (tertiary/aromatic N) is 4. The fourth-order valence-electron chi connectivity index (χ4n) is 4.47. The van der Waals surface area contributed by atoms with E-state index in [-0.39, 0.29) is 28.0 Å². The number of anilines is 1. The van der Waals surface area contributed by atoms with E-state index in [2.05, 4.69) is 27.3 Å². The van der Waals surface area contributed by atoms with E-state index in [1.807, 2.05) is 0 Å². The Hall–Kier alpha value is -2.87. The summed E-state index contributed by atoms with van der Waals surface area (Å²) in [5, 5.41) is 7.07. The van der Waals surface area contributed by atoms with Gasteiger partial charge in [-0.25, -0.2) is 13.4 Å². The monoisotopic (exact) mass is 561 g/mol. The Labute approximate surface area is 225 Å². The Bertz CT molecular complexity index is 1290. The number of nitrogens with one attached hydrogen (secondary N) is 1. The van der Waals surface area contributed by atoms with Crippen LogP contribution in [0.1, 0.15) is 36.6 Å². The maximum absolute atomic E-state index is 13.3. The molecule has 0 bridgehead atoms. The lowest BCUT2D eigenvalue weighted by atomic mass is 10.1. The van der Waals surface area contributed by atoms with Crippen molar-refractivity contribution in [3.63, 3.8) is 0 Å². The van der Waals surface area contributed by atoms with E-state index < -0.39 is 15.7 Å². The quantitative estimate of drug-likeness (QED) is 0.264. The number of thiazole rings is 1. The molecule has 0 radical (unpaired) electrons. The van der Waals surface area contributed by atoms with Gasteiger partial charge in [0.1, 0.15) is 0 Å². The molecule has 5 rings (SSSR count). The molecule has 204 valence electrons. The normalized spacial score (nSPS) is 22.9. The summed E-state index contributed by atoms with van der Waals surface area (Å²) in [7, 11) is -3.34. The van der Waals surface area contributed by atoms with Gasteiger partial charge in [0.05, 0.1) is 23.4 Å². The van der Waals surface area contributed by atoms with Gasteiger partial charge < -0.3 is 14.5 Å². The van der Waals surface area contributed by atoms with Crippen LogP contribution in [-0.4, -0.2) is 91.5 Å². The summed E-state index contributed by atoms with van der Waals surface area (Å²) in [4.78, 5) is 39.6. The molecule has 2 saturated heterocycles. The molecule has 2 amide bonds. The molecule has 0 spiro atoms. The highest BCUT2D eigenvalue weighted by Gasteiger charge is 2.37. The SMILES string of the molecule is C[C@@H]1CN(C=O)CCN1Cc1cnc(NC(=O)/C(=N/O[C@@H]2CCOC2)c2ccc(S(=O)(=O)C3CC3)cc2)s1. The summed E-state index contributed by atoms with van der Waals surface area (Å²) < 4.78 is 30.5. The van der Waals surface area contributed by atoms with Crippen molar-refractivity contribution < 1.29 is 27.6 Å². The predicted octanol–water partition coefficient (Wildman–Crippen LogP) is 1.89. The average Bonchev–Trinajstić information content (AvgIpc) is 3.49. The molecule has 1 aromatic carbocycles. The third-order valence-electron chi connectivity index (χ3n) is 6.89. The van der Waals surface area contributed by atoms with Gasteiger partial charge in [0.2, 0.25) is 6.41 Å². The van der Waals surface area contributed by atoms with Gasteiger partial charge in [0.15, 0.2) is 26.8 Å². The van der Waals surface area contributed by atoms with Crippen molar-refractivity contribution >= 4 is 44.3 Å². The predicted molar refractivity (Wildman–Crippen MR) is 142 cm³/mol. The van der Waals surface area contributed by atoms with E-state index in [0.29, 0.717) is 62.8 Å². The average molecular weight is 562 g/mol. The number of sulfone groups is 1. The van der Waals surface area contributed by atoms with Crippen molar-refractivity contribution in [1.29, 1.82) is 0 Å². The molecular weight excluding hydrogens is 530 g/mol. The number of aromatic nitrogens is 1. The minimum absolute atomic E-state index is 0.0302. The molecule has 3 aliphatic rings. The molecular formula is C25H31N5O6S2. The number of benzene rings is 1. The summed E-state index contributed by atoms with van der Waals surface area (Å²) in [5.74, 6) is -0.504. The van der Waals surface area contributed by atoms with E-state index in [4.69, 9.17) is 9.57 Å². The Morgan fingerprint density at radius 1 is 1.26 bits per heavy atom. The van der Waals surface area contributed by atoms with Gasteiger partial charge in [-0.15, -0.1) is 11.3 Å². The Morgan fingerprint density at radius 3 is 2.71 bits per heavy atom. The number of carbonyl (C=O) groups excluding carboxylic acids is 2. The first-order valence-corrected chi connectivity index (χ1v) is 15.0. The van der Waals surface area contributed by atoms with Crippen LogP contribution >= 0.6 is 11.3 Å². The van der Waals surface area contributed by atoms with Crippen molar-refractivity contribution in [2.75, 3.05) is 38.2 Å². The summed E-state index contributed by atoms with van der Waals surface area (Å²) in [6.45, 7) is 5.85. The molecule has 2 aliphatic heterocycles. The third kappa shape index (κ3) is 6.22. The van der Waals surface area contributed by atoms with Crippen LogP contribution in [0.5, 0.6) is 0 Å². The van der Waals surface area contributed by atoms with Crippen LogP contribution in [0.3, 0.4) is 0 Å². The fourth-order valence-corrected chi connectivity index (χ4v) is 6.96. The zero-order chi connectivity index (χ0) is 26.7. The number of rotatable bonds is 10. The molecule has 38 heavy (non-hydrogen) atoms. The molecule has 3 fully saturated rings. The number of amides is 2. The number of carbonyl (C=O) groups is 2. The highest BCUT2D eigenvalue weighted by Crippen LogP contribution is 2.33. The van der Waals surface area contributed by atoms with Crippen LogP contribution in [0, 0.1) is 0 Å². The van der Waals surface area contributed by atoms with Crippen molar-refractivity contribution in [3.8, 4) is 0 Å². The van der Waals surface area contributed by atoms with Gasteiger partial charge in [-0.3, -0.25) is 19.8 Å². The van der Waals surface area contributed by atoms with Crippen molar-refractivity contribution in [1.82, 2.24) is 14.8 Å². The Kier molecular flexibility index (Phi) is 8.07. The number of piperazine rings is 1. The first kappa shape index (κ1) is 26.7. The van der Waals surface area contributed by atoms with Gasteiger partial charge in [-0.2, -0.15) is 0 Å². The van der Waals surface area contributed by atoms with Crippen molar-refractivity contribution in [2.24, 2.45) is 5.16 Å². The minimum atomic E-state index is -3.34. The first-order valence-electron chi connectivity index (χ1n) is 12.7. The van der Waals surface area contributed by atoms with Crippen molar-refractivity contribution in [3.05, 3.63) is 40.9 Å². The first-order chi connectivity index (χ1) is 18.3. The largest absolute Gasteiger partial charge is 0.389 e. The zero-order valence-corrected chi connectivity index (χ0v) is 22.7. The maximum Gasteiger partial charge on any atom is 0.280 e. The molecule has 1 saturated carbocycles. The van der Waals surface area contributed by atoms with E-state index in [0.717, 1.165) is 17.8 Å². The molecule has 1 aliphatic carbocycles. The van der Waals surface area contributed by atoms with E-state index in [9.17, 15) is 18.0 Å². The number of ether oxygens (including phenoxy) is 1. The lowest BCUT2D eigenvalue weighted by Crippen LogP contribution is -2.50. The standard InChI is InChI=1S/C25H31N5O6S2/c1-17-13-29(16-31)9-10-30(17)14-20-12-26-25(37-20)27-24(32)23(28-36-19-8-11-35-15-19)18-2-4-21(5-3-18)38(33,34)22-6-7-22/h2-5,12,16-17,19,22H,6-11,13-15H2,1H3,(H,26,27,32)/b28-23+/t17-,19-/m1/s1. The highest BCUT2D eigenvalue weighted by atomic mass is 32.2. The van der Waals surface area contributed by atoms with Gasteiger partial charge >= 0.3 is 0 Å². The molecule has 3 heterocycles. The van der Waals surface area contributed by atoms with Crippen LogP contribution in [0.4, 0.5) is 5.13 Å². The topological polar surface area (TPSA) is 130 Å². The fraction of sp³-hybridized carbons (Fsp3) is 0.520. The summed E-state index contributed by atoms with van der Waals surface area (Å²) >= 11 is 1.37. The number of oxime groups is 1. The van der Waals surface area contributed by atoms with Crippen LogP contribution in [0.25, 0.3) is 0 Å². The molecule has 2 aromatic rings. The van der Waals surface area contributed by atoms with Crippen molar-refractivity contribution in [2.45, 2.75) is 55.0 Å². The second-order valence-electron chi connectivity index (χ2n) is 9.81. The summed E-state index contributed by atoms with van der Waals surface area (Å²) in [6.07, 6.45) is 4.41. The maximum atomic E-state index is 13.3. The Balaban J connectivity index is 1.28. The second kappa shape index (κ2) is 11.5. The molecule has 1 aromatic heterocycles. The molecule has 2 atom stereocenters. The van der Waals surface area contributed by atoms with Crippen LogP contribution in [-0.2, 0) is 35.5 Å². The number of hydrogen-bond acceptors (Lipinski definition) is 10.